The van der Waals surface area contributed by atoms with Crippen LogP contribution in [0.2, 0.25) is 19.6 Å². The summed E-state index contributed by atoms with van der Waals surface area (Å²) < 4.78 is 5.54. The Morgan fingerprint density at radius 1 is 1.50 bits per heavy atom. The van der Waals surface area contributed by atoms with Crippen molar-refractivity contribution in [3.63, 3.8) is 0 Å². The second-order valence-electron chi connectivity index (χ2n) is 2.71. The van der Waals surface area contributed by atoms with Gasteiger partial charge in [0, 0.05) is 0 Å². The highest BCUT2D eigenvalue weighted by molar-refractivity contribution is 6.74. The van der Waals surface area contributed by atoms with Crippen LogP contribution in [0.3, 0.4) is 0 Å². The van der Waals surface area contributed by atoms with Crippen LogP contribution in [0.4, 0.5) is 0 Å². The Kier molecular flexibility index (Phi) is 3.27. The van der Waals surface area contributed by atoms with Gasteiger partial charge in [0.1, 0.15) is 0 Å². The maximum absolute atomic E-state index is 5.54. The van der Waals surface area contributed by atoms with Crippen LogP contribution in [0.5, 0.6) is 0 Å². The smallest absolute Gasteiger partial charge is 0.170 e. The number of hydrogen-bond donors (Lipinski definition) is 0. The predicted molar refractivity (Wildman–Crippen MR) is 43.2 cm³/mol. The van der Waals surface area contributed by atoms with Gasteiger partial charge in [-0.1, -0.05) is 5.70 Å². The Morgan fingerprint density at radius 3 is 2.12 bits per heavy atom. The molecule has 0 bridgehead atoms. The SMILES string of the molecule is C=C[SiH2]O[Si](C)(C)C. The highest BCUT2D eigenvalue weighted by Gasteiger charge is 2.11. The second kappa shape index (κ2) is 3.22. The minimum Gasteiger partial charge on any atom is -0.457 e. The molecule has 0 atom stereocenters. The lowest BCUT2D eigenvalue weighted by molar-refractivity contribution is 0.607. The van der Waals surface area contributed by atoms with Gasteiger partial charge in [-0.25, -0.2) is 0 Å². The van der Waals surface area contributed by atoms with Crippen LogP contribution in [-0.4, -0.2) is 18.1 Å². The molecular formula is C5H14OSi2. The fourth-order valence-corrected chi connectivity index (χ4v) is 2.78. The first-order valence-electron chi connectivity index (χ1n) is 2.81. The Hall–Kier alpha value is 0.134. The van der Waals surface area contributed by atoms with Gasteiger partial charge in [-0.05, 0) is 19.6 Å². The average molecular weight is 146 g/mol. The van der Waals surface area contributed by atoms with Crippen molar-refractivity contribution in [2.75, 3.05) is 0 Å². The molecule has 0 radical (unpaired) electrons. The second-order valence-corrected chi connectivity index (χ2v) is 9.00. The molecule has 0 amide bonds. The third kappa shape index (κ3) is 6.13. The minimum absolute atomic E-state index is 0.357. The summed E-state index contributed by atoms with van der Waals surface area (Å²) in [4.78, 5) is 0. The van der Waals surface area contributed by atoms with Gasteiger partial charge in [0.15, 0.2) is 18.1 Å². The first-order valence-corrected chi connectivity index (χ1v) is 7.61. The molecule has 0 aromatic rings. The molecule has 0 unspecified atom stereocenters. The van der Waals surface area contributed by atoms with E-state index in [9.17, 15) is 0 Å². The van der Waals surface area contributed by atoms with Crippen LogP contribution in [0.1, 0.15) is 0 Å². The molecule has 0 spiro atoms. The molecule has 0 aliphatic rings. The van der Waals surface area contributed by atoms with Crippen molar-refractivity contribution in [1.29, 1.82) is 0 Å². The van der Waals surface area contributed by atoms with Gasteiger partial charge in [0.25, 0.3) is 0 Å². The van der Waals surface area contributed by atoms with Crippen LogP contribution in [0, 0.1) is 0 Å². The van der Waals surface area contributed by atoms with E-state index in [1.807, 2.05) is 5.70 Å². The van der Waals surface area contributed by atoms with Gasteiger partial charge in [-0.2, -0.15) is 0 Å². The summed E-state index contributed by atoms with van der Waals surface area (Å²) in [6, 6.07) is 0. The van der Waals surface area contributed by atoms with Crippen LogP contribution < -0.4 is 0 Å². The average Bonchev–Trinajstić information content (AvgIpc) is 1.59. The first-order chi connectivity index (χ1) is 3.56. The van der Waals surface area contributed by atoms with E-state index in [4.69, 9.17) is 4.12 Å². The van der Waals surface area contributed by atoms with Crippen molar-refractivity contribution in [3.8, 4) is 0 Å². The molecule has 1 nitrogen and oxygen atoms in total. The van der Waals surface area contributed by atoms with Gasteiger partial charge in [-0.15, -0.1) is 6.58 Å². The Morgan fingerprint density at radius 2 is 2.00 bits per heavy atom. The number of rotatable bonds is 3. The van der Waals surface area contributed by atoms with Crippen molar-refractivity contribution in [2.24, 2.45) is 0 Å². The predicted octanol–water partition coefficient (Wildman–Crippen LogP) is 1.07. The van der Waals surface area contributed by atoms with E-state index in [0.717, 1.165) is 0 Å². The van der Waals surface area contributed by atoms with Crippen molar-refractivity contribution in [3.05, 3.63) is 12.3 Å². The van der Waals surface area contributed by atoms with Gasteiger partial charge in [-0.3, -0.25) is 0 Å². The topological polar surface area (TPSA) is 9.23 Å². The van der Waals surface area contributed by atoms with E-state index >= 15 is 0 Å². The Bertz CT molecular complexity index is 75.0. The Balaban J connectivity index is 3.24. The third-order valence-corrected chi connectivity index (χ3v) is 5.00. The fourth-order valence-electron chi connectivity index (χ4n) is 0.309. The van der Waals surface area contributed by atoms with Gasteiger partial charge < -0.3 is 4.12 Å². The molecule has 0 saturated heterocycles. The summed E-state index contributed by atoms with van der Waals surface area (Å²) in [5.74, 6) is 0. The monoisotopic (exact) mass is 146 g/mol. The lowest BCUT2D eigenvalue weighted by Gasteiger charge is -2.15. The van der Waals surface area contributed by atoms with E-state index in [1.54, 1.807) is 0 Å². The molecule has 0 fully saturated rings. The molecule has 0 N–H and O–H groups in total. The van der Waals surface area contributed by atoms with E-state index in [0.29, 0.717) is 0 Å². The summed E-state index contributed by atoms with van der Waals surface area (Å²) in [6.45, 7) is 10.2. The summed E-state index contributed by atoms with van der Waals surface area (Å²) >= 11 is 0. The molecule has 0 aromatic heterocycles. The largest absolute Gasteiger partial charge is 0.457 e. The van der Waals surface area contributed by atoms with Crippen molar-refractivity contribution < 1.29 is 4.12 Å². The lowest BCUT2D eigenvalue weighted by atomic mass is 11.3. The van der Waals surface area contributed by atoms with Gasteiger partial charge >= 0.3 is 0 Å². The van der Waals surface area contributed by atoms with Crippen LogP contribution in [0.15, 0.2) is 12.3 Å². The molecule has 0 aliphatic heterocycles. The maximum Gasteiger partial charge on any atom is 0.170 e. The molecule has 0 aromatic carbocycles. The van der Waals surface area contributed by atoms with Crippen LogP contribution in [-0.2, 0) is 4.12 Å². The van der Waals surface area contributed by atoms with Crippen LogP contribution in [0.25, 0.3) is 0 Å². The van der Waals surface area contributed by atoms with Gasteiger partial charge in [0.05, 0.1) is 0 Å². The van der Waals surface area contributed by atoms with Crippen LogP contribution >= 0.6 is 0 Å². The zero-order valence-corrected chi connectivity index (χ0v) is 8.31. The Labute approximate surface area is 54.8 Å². The molecule has 0 aliphatic carbocycles. The van der Waals surface area contributed by atoms with Crippen molar-refractivity contribution >= 4 is 18.1 Å². The summed E-state index contributed by atoms with van der Waals surface area (Å²) in [7, 11) is -1.54. The summed E-state index contributed by atoms with van der Waals surface area (Å²) in [6.07, 6.45) is 0. The zero-order valence-electron chi connectivity index (χ0n) is 5.90. The lowest BCUT2D eigenvalue weighted by Crippen LogP contribution is -2.26. The molecule has 0 rings (SSSR count). The summed E-state index contributed by atoms with van der Waals surface area (Å²) in [5, 5.41) is 0. The minimum atomic E-state index is -1.19. The maximum atomic E-state index is 5.54. The molecule has 0 heterocycles. The number of hydrogen-bond acceptors (Lipinski definition) is 1. The zero-order chi connectivity index (χ0) is 6.62. The molecule has 8 heavy (non-hydrogen) atoms. The third-order valence-electron chi connectivity index (χ3n) is 0.634. The van der Waals surface area contributed by atoms with Gasteiger partial charge in [0.2, 0.25) is 0 Å². The van der Waals surface area contributed by atoms with E-state index < -0.39 is 8.32 Å². The van der Waals surface area contributed by atoms with E-state index in [1.165, 1.54) is 0 Å². The van der Waals surface area contributed by atoms with Crippen molar-refractivity contribution in [2.45, 2.75) is 19.6 Å². The van der Waals surface area contributed by atoms with Crippen molar-refractivity contribution in [1.82, 2.24) is 0 Å². The fraction of sp³-hybridized carbons (Fsp3) is 0.600. The first kappa shape index (κ1) is 8.13. The molecule has 0 saturated carbocycles. The molecule has 48 valence electrons. The quantitative estimate of drug-likeness (QED) is 0.541. The highest BCUT2D eigenvalue weighted by atomic mass is 28.4. The normalized spacial score (nSPS) is 12.9. The summed E-state index contributed by atoms with van der Waals surface area (Å²) in [5.41, 5.74) is 1.93. The molecule has 3 heteroatoms. The van der Waals surface area contributed by atoms with E-state index in [-0.39, 0.29) is 9.76 Å². The molecular weight excluding hydrogens is 132 g/mol. The van der Waals surface area contributed by atoms with E-state index in [2.05, 4.69) is 26.2 Å². The highest BCUT2D eigenvalue weighted by Crippen LogP contribution is 1.99. The standard InChI is InChI=1S/C5H14OSi2/c1-5-7-6-8(2,3)4/h5H,1,7H2,2-4H3.